The minimum atomic E-state index is -4.30. The molecule has 0 aliphatic rings. The van der Waals surface area contributed by atoms with Crippen molar-refractivity contribution in [2.45, 2.75) is 25.6 Å². The maximum absolute atomic E-state index is 11.9. The molecule has 0 bridgehead atoms. The lowest BCUT2D eigenvalue weighted by atomic mass is 10.1. The molecule has 1 unspecified atom stereocenters. The summed E-state index contributed by atoms with van der Waals surface area (Å²) in [5, 5.41) is 0. The van der Waals surface area contributed by atoms with E-state index in [1.165, 1.54) is 0 Å². The molecule has 0 saturated carbocycles. The third-order valence-electron chi connectivity index (χ3n) is 2.42. The SMILES string of the molecule is Cc1ccc(CC(COCC(F)(F)F)NN)cc1. The second-order valence-electron chi connectivity index (χ2n) is 4.18. The Balaban J connectivity index is 2.40. The Morgan fingerprint density at radius 3 is 2.39 bits per heavy atom. The predicted molar refractivity (Wildman–Crippen MR) is 62.9 cm³/mol. The first kappa shape index (κ1) is 14.9. The highest BCUT2D eigenvalue weighted by Gasteiger charge is 2.27. The lowest BCUT2D eigenvalue weighted by Crippen LogP contribution is -2.41. The Morgan fingerprint density at radius 2 is 1.89 bits per heavy atom. The maximum atomic E-state index is 11.9. The molecule has 1 atom stereocenters. The summed E-state index contributed by atoms with van der Waals surface area (Å²) in [6.45, 7) is 0.637. The standard InChI is InChI=1S/C12H17F3N2O/c1-9-2-4-10(5-3-9)6-11(17-16)7-18-8-12(13,14)15/h2-5,11,17H,6-8,16H2,1H3. The average molecular weight is 262 g/mol. The van der Waals surface area contributed by atoms with E-state index in [9.17, 15) is 13.2 Å². The third kappa shape index (κ3) is 6.00. The summed E-state index contributed by atoms with van der Waals surface area (Å²) in [7, 11) is 0. The van der Waals surface area contributed by atoms with Gasteiger partial charge >= 0.3 is 6.18 Å². The van der Waals surface area contributed by atoms with Gasteiger partial charge in [0.1, 0.15) is 6.61 Å². The first-order valence-corrected chi connectivity index (χ1v) is 5.57. The van der Waals surface area contributed by atoms with E-state index in [0.717, 1.165) is 11.1 Å². The molecule has 0 heterocycles. The number of halogens is 3. The number of nitrogens with one attached hydrogen (secondary N) is 1. The number of aryl methyl sites for hydroxylation is 1. The highest BCUT2D eigenvalue weighted by atomic mass is 19.4. The molecule has 18 heavy (non-hydrogen) atoms. The number of benzene rings is 1. The molecule has 3 N–H and O–H groups in total. The van der Waals surface area contributed by atoms with Gasteiger partial charge in [-0.25, -0.2) is 0 Å². The molecule has 0 amide bonds. The fourth-order valence-electron chi connectivity index (χ4n) is 1.49. The van der Waals surface area contributed by atoms with Crippen molar-refractivity contribution in [2.24, 2.45) is 5.84 Å². The number of hydrogen-bond donors (Lipinski definition) is 2. The zero-order chi connectivity index (χ0) is 13.6. The van der Waals surface area contributed by atoms with Crippen molar-refractivity contribution in [3.63, 3.8) is 0 Å². The molecule has 0 saturated heterocycles. The van der Waals surface area contributed by atoms with Crippen molar-refractivity contribution in [3.8, 4) is 0 Å². The van der Waals surface area contributed by atoms with Gasteiger partial charge in [-0.3, -0.25) is 11.3 Å². The monoisotopic (exact) mass is 262 g/mol. The predicted octanol–water partition coefficient (Wildman–Crippen LogP) is 1.95. The normalized spacial score (nSPS) is 13.6. The molecule has 1 aromatic rings. The largest absolute Gasteiger partial charge is 0.411 e. The fraction of sp³-hybridized carbons (Fsp3) is 0.500. The molecule has 3 nitrogen and oxygen atoms in total. The van der Waals surface area contributed by atoms with Gasteiger partial charge < -0.3 is 4.74 Å². The Morgan fingerprint density at radius 1 is 1.28 bits per heavy atom. The molecule has 0 aliphatic heterocycles. The molecule has 0 spiro atoms. The second kappa shape index (κ2) is 6.72. The van der Waals surface area contributed by atoms with Crippen LogP contribution in [0.2, 0.25) is 0 Å². The summed E-state index contributed by atoms with van der Waals surface area (Å²) < 4.78 is 40.3. The lowest BCUT2D eigenvalue weighted by molar-refractivity contribution is -0.175. The number of nitrogens with two attached hydrogens (primary N) is 1. The van der Waals surface area contributed by atoms with Crippen molar-refractivity contribution in [3.05, 3.63) is 35.4 Å². The topological polar surface area (TPSA) is 47.3 Å². The van der Waals surface area contributed by atoms with Crippen LogP contribution in [0.5, 0.6) is 0 Å². The van der Waals surface area contributed by atoms with Crippen molar-refractivity contribution in [1.29, 1.82) is 0 Å². The van der Waals surface area contributed by atoms with Gasteiger partial charge in [0, 0.05) is 6.04 Å². The molecule has 1 aromatic carbocycles. The second-order valence-corrected chi connectivity index (χ2v) is 4.18. The van der Waals surface area contributed by atoms with Crippen LogP contribution in [0.25, 0.3) is 0 Å². The minimum absolute atomic E-state index is 0.0795. The number of alkyl halides is 3. The number of rotatable bonds is 6. The van der Waals surface area contributed by atoms with Crippen LogP contribution in [0.15, 0.2) is 24.3 Å². The molecule has 6 heteroatoms. The van der Waals surface area contributed by atoms with E-state index >= 15 is 0 Å². The Hall–Kier alpha value is -1.11. The van der Waals surface area contributed by atoms with Crippen LogP contribution in [-0.2, 0) is 11.2 Å². The number of hydrogen-bond acceptors (Lipinski definition) is 3. The summed E-state index contributed by atoms with van der Waals surface area (Å²) in [6.07, 6.45) is -3.78. The van der Waals surface area contributed by atoms with Crippen molar-refractivity contribution >= 4 is 0 Å². The van der Waals surface area contributed by atoms with E-state index in [-0.39, 0.29) is 12.6 Å². The number of ether oxygens (including phenoxy) is 1. The molecule has 0 aliphatic carbocycles. The van der Waals surface area contributed by atoms with Crippen molar-refractivity contribution in [1.82, 2.24) is 5.43 Å². The average Bonchev–Trinajstić information content (AvgIpc) is 2.29. The van der Waals surface area contributed by atoms with Gasteiger partial charge in [-0.2, -0.15) is 13.2 Å². The number of hydrazine groups is 1. The smallest absolute Gasteiger partial charge is 0.370 e. The van der Waals surface area contributed by atoms with Crippen molar-refractivity contribution < 1.29 is 17.9 Å². The van der Waals surface area contributed by atoms with Crippen LogP contribution in [0.3, 0.4) is 0 Å². The van der Waals surface area contributed by atoms with E-state index in [4.69, 9.17) is 5.84 Å². The van der Waals surface area contributed by atoms with Crippen LogP contribution in [-0.4, -0.2) is 25.4 Å². The van der Waals surface area contributed by atoms with Crippen LogP contribution in [0.1, 0.15) is 11.1 Å². The molecule has 0 aromatic heterocycles. The summed E-state index contributed by atoms with van der Waals surface area (Å²) in [6, 6.07) is 7.39. The Labute approximate surface area is 104 Å². The van der Waals surface area contributed by atoms with E-state index < -0.39 is 12.8 Å². The first-order chi connectivity index (χ1) is 8.40. The minimum Gasteiger partial charge on any atom is -0.370 e. The highest BCUT2D eigenvalue weighted by molar-refractivity contribution is 5.22. The van der Waals surface area contributed by atoms with Crippen LogP contribution in [0, 0.1) is 6.92 Å². The van der Waals surface area contributed by atoms with Crippen LogP contribution >= 0.6 is 0 Å². The van der Waals surface area contributed by atoms with Gasteiger partial charge in [0.25, 0.3) is 0 Å². The van der Waals surface area contributed by atoms with Gasteiger partial charge in [0.2, 0.25) is 0 Å². The quantitative estimate of drug-likeness (QED) is 0.608. The van der Waals surface area contributed by atoms with Crippen LogP contribution in [0.4, 0.5) is 13.2 Å². The van der Waals surface area contributed by atoms with Gasteiger partial charge in [-0.1, -0.05) is 29.8 Å². The summed E-state index contributed by atoms with van der Waals surface area (Å²) in [4.78, 5) is 0. The van der Waals surface area contributed by atoms with Gasteiger partial charge in [-0.15, -0.1) is 0 Å². The highest BCUT2D eigenvalue weighted by Crippen LogP contribution is 2.14. The summed E-state index contributed by atoms with van der Waals surface area (Å²) >= 11 is 0. The molecule has 102 valence electrons. The van der Waals surface area contributed by atoms with Gasteiger partial charge in [0.05, 0.1) is 6.61 Å². The Bertz CT molecular complexity index is 351. The molecular weight excluding hydrogens is 245 g/mol. The lowest BCUT2D eigenvalue weighted by Gasteiger charge is -2.17. The molecule has 1 rings (SSSR count). The summed E-state index contributed by atoms with van der Waals surface area (Å²) in [5.41, 5.74) is 4.59. The van der Waals surface area contributed by atoms with E-state index in [1.54, 1.807) is 0 Å². The van der Waals surface area contributed by atoms with Gasteiger partial charge in [0.15, 0.2) is 0 Å². The molecule has 0 radical (unpaired) electrons. The molecular formula is C12H17F3N2O. The molecule has 0 fully saturated rings. The van der Waals surface area contributed by atoms with Crippen LogP contribution < -0.4 is 11.3 Å². The van der Waals surface area contributed by atoms with Gasteiger partial charge in [-0.05, 0) is 18.9 Å². The van der Waals surface area contributed by atoms with E-state index in [0.29, 0.717) is 6.42 Å². The zero-order valence-electron chi connectivity index (χ0n) is 10.1. The Kier molecular flexibility index (Phi) is 5.58. The fourth-order valence-corrected chi connectivity index (χ4v) is 1.49. The van der Waals surface area contributed by atoms with Crippen molar-refractivity contribution in [2.75, 3.05) is 13.2 Å². The first-order valence-electron chi connectivity index (χ1n) is 5.57. The maximum Gasteiger partial charge on any atom is 0.411 e. The van der Waals surface area contributed by atoms with E-state index in [2.05, 4.69) is 10.2 Å². The summed E-state index contributed by atoms with van der Waals surface area (Å²) in [5.74, 6) is 5.29. The van der Waals surface area contributed by atoms with E-state index in [1.807, 2.05) is 31.2 Å². The zero-order valence-corrected chi connectivity index (χ0v) is 10.1. The third-order valence-corrected chi connectivity index (χ3v) is 2.42.